The Morgan fingerprint density at radius 2 is 1.82 bits per heavy atom. The largest absolute Gasteiger partial charge is 0.497 e. The fourth-order valence-corrected chi connectivity index (χ4v) is 4.04. The second-order valence-corrected chi connectivity index (χ2v) is 7.93. The van der Waals surface area contributed by atoms with Crippen molar-refractivity contribution in [1.29, 1.82) is 0 Å². The molecule has 9 heteroatoms. The molecule has 0 bridgehead atoms. The van der Waals surface area contributed by atoms with E-state index in [1.807, 2.05) is 49.5 Å². The summed E-state index contributed by atoms with van der Waals surface area (Å²) in [5.74, 6) is 0.747. The van der Waals surface area contributed by atoms with Gasteiger partial charge in [-0.1, -0.05) is 18.2 Å². The second-order valence-electron chi connectivity index (χ2n) is 7.93. The minimum atomic E-state index is -0.442. The summed E-state index contributed by atoms with van der Waals surface area (Å²) in [5.41, 5.74) is 5.30. The molecule has 176 valence electrons. The molecular formula is C25H27N5O4. The summed E-state index contributed by atoms with van der Waals surface area (Å²) in [4.78, 5) is 28.3. The number of para-hydroxylation sites is 1. The van der Waals surface area contributed by atoms with Crippen LogP contribution in [-0.2, 0) is 11.8 Å². The predicted molar refractivity (Wildman–Crippen MR) is 131 cm³/mol. The minimum absolute atomic E-state index is 0.199. The summed E-state index contributed by atoms with van der Waals surface area (Å²) >= 11 is 0. The summed E-state index contributed by atoms with van der Waals surface area (Å²) in [5, 5.41) is 16.2. The van der Waals surface area contributed by atoms with Crippen LogP contribution in [0.2, 0.25) is 0 Å². The van der Waals surface area contributed by atoms with Crippen LogP contribution in [0.3, 0.4) is 0 Å². The van der Waals surface area contributed by atoms with E-state index in [-0.39, 0.29) is 12.5 Å². The lowest BCUT2D eigenvalue weighted by atomic mass is 10.1. The van der Waals surface area contributed by atoms with Crippen molar-refractivity contribution in [2.75, 3.05) is 19.0 Å². The molecule has 2 aromatic carbocycles. The Kier molecular flexibility index (Phi) is 6.93. The van der Waals surface area contributed by atoms with E-state index in [4.69, 9.17) is 14.9 Å². The van der Waals surface area contributed by atoms with E-state index < -0.39 is 5.91 Å². The number of benzene rings is 2. The number of urea groups is 1. The SMILES string of the molecule is COc1ccc(-c2nc(NC(=O)NCCCCC(=O)NO)cc3c4ccccc4n(C)c23)cc1. The molecule has 4 N–H and O–H groups in total. The average Bonchev–Trinajstić information content (AvgIpc) is 3.15. The number of unbranched alkanes of at least 4 members (excludes halogenated alkanes) is 1. The number of carbonyl (C=O) groups is 2. The van der Waals surface area contributed by atoms with Crippen molar-refractivity contribution in [3.63, 3.8) is 0 Å². The lowest BCUT2D eigenvalue weighted by Gasteiger charge is -2.11. The van der Waals surface area contributed by atoms with Crippen LogP contribution < -0.4 is 20.9 Å². The highest BCUT2D eigenvalue weighted by Gasteiger charge is 2.17. The lowest BCUT2D eigenvalue weighted by Crippen LogP contribution is -2.30. The fourth-order valence-electron chi connectivity index (χ4n) is 4.04. The molecule has 0 aliphatic rings. The second kappa shape index (κ2) is 10.2. The number of rotatable bonds is 8. The Morgan fingerprint density at radius 3 is 2.56 bits per heavy atom. The predicted octanol–water partition coefficient (Wildman–Crippen LogP) is 4.20. The van der Waals surface area contributed by atoms with Crippen molar-refractivity contribution in [2.24, 2.45) is 7.05 Å². The molecule has 34 heavy (non-hydrogen) atoms. The van der Waals surface area contributed by atoms with Gasteiger partial charge in [-0.3, -0.25) is 15.3 Å². The molecule has 0 atom stereocenters. The van der Waals surface area contributed by atoms with Gasteiger partial charge in [-0.15, -0.1) is 0 Å². The maximum atomic E-state index is 12.5. The van der Waals surface area contributed by atoms with E-state index in [1.165, 1.54) is 0 Å². The molecule has 0 radical (unpaired) electrons. The third-order valence-electron chi connectivity index (χ3n) is 5.73. The van der Waals surface area contributed by atoms with Gasteiger partial charge >= 0.3 is 6.03 Å². The van der Waals surface area contributed by atoms with Crippen molar-refractivity contribution >= 4 is 39.6 Å². The van der Waals surface area contributed by atoms with Gasteiger partial charge in [0.2, 0.25) is 5.91 Å². The minimum Gasteiger partial charge on any atom is -0.497 e. The van der Waals surface area contributed by atoms with Crippen LogP contribution in [0.1, 0.15) is 19.3 Å². The van der Waals surface area contributed by atoms with Gasteiger partial charge in [0.1, 0.15) is 11.6 Å². The number of aromatic nitrogens is 2. The normalized spacial score (nSPS) is 10.9. The number of amides is 3. The zero-order chi connectivity index (χ0) is 24.1. The Morgan fingerprint density at radius 1 is 1.06 bits per heavy atom. The summed E-state index contributed by atoms with van der Waals surface area (Å²) in [6, 6.07) is 17.3. The maximum absolute atomic E-state index is 12.5. The van der Waals surface area contributed by atoms with Crippen molar-refractivity contribution in [3.8, 4) is 17.0 Å². The van der Waals surface area contributed by atoms with Crippen molar-refractivity contribution < 1.29 is 19.5 Å². The van der Waals surface area contributed by atoms with Crippen LogP contribution in [0.5, 0.6) is 5.75 Å². The monoisotopic (exact) mass is 461 g/mol. The summed E-state index contributed by atoms with van der Waals surface area (Å²) in [6.07, 6.45) is 1.35. The first-order chi connectivity index (χ1) is 16.5. The van der Waals surface area contributed by atoms with Gasteiger partial charge < -0.3 is 14.6 Å². The highest BCUT2D eigenvalue weighted by Crippen LogP contribution is 2.36. The van der Waals surface area contributed by atoms with Crippen LogP contribution >= 0.6 is 0 Å². The van der Waals surface area contributed by atoms with E-state index >= 15 is 0 Å². The summed E-state index contributed by atoms with van der Waals surface area (Å²) in [6.45, 7) is 0.395. The van der Waals surface area contributed by atoms with Gasteiger partial charge in [0.15, 0.2) is 0 Å². The quantitative estimate of drug-likeness (QED) is 0.178. The Hall–Kier alpha value is -4.11. The van der Waals surface area contributed by atoms with Gasteiger partial charge in [-0.2, -0.15) is 0 Å². The maximum Gasteiger partial charge on any atom is 0.320 e. The van der Waals surface area contributed by atoms with E-state index in [1.54, 1.807) is 12.6 Å². The number of fused-ring (bicyclic) bond motifs is 3. The van der Waals surface area contributed by atoms with E-state index in [0.29, 0.717) is 25.2 Å². The highest BCUT2D eigenvalue weighted by atomic mass is 16.5. The molecule has 0 saturated heterocycles. The molecular weight excluding hydrogens is 434 g/mol. The number of anilines is 1. The third-order valence-corrected chi connectivity index (χ3v) is 5.73. The molecule has 0 aliphatic heterocycles. The smallest absolute Gasteiger partial charge is 0.320 e. The lowest BCUT2D eigenvalue weighted by molar-refractivity contribution is -0.129. The van der Waals surface area contributed by atoms with Crippen LogP contribution in [0.15, 0.2) is 54.6 Å². The van der Waals surface area contributed by atoms with E-state index in [9.17, 15) is 9.59 Å². The van der Waals surface area contributed by atoms with Crippen molar-refractivity contribution in [2.45, 2.75) is 19.3 Å². The van der Waals surface area contributed by atoms with Gasteiger partial charge in [-0.25, -0.2) is 15.3 Å². The number of hydrogen-bond donors (Lipinski definition) is 4. The van der Waals surface area contributed by atoms with Crippen molar-refractivity contribution in [3.05, 3.63) is 54.6 Å². The Bertz CT molecular complexity index is 1330. The van der Waals surface area contributed by atoms with Gasteiger partial charge in [-0.05, 0) is 49.2 Å². The molecule has 4 aromatic rings. The van der Waals surface area contributed by atoms with E-state index in [0.717, 1.165) is 38.8 Å². The molecule has 2 heterocycles. The molecule has 4 rings (SSSR count). The van der Waals surface area contributed by atoms with Gasteiger partial charge in [0, 0.05) is 41.9 Å². The first-order valence-electron chi connectivity index (χ1n) is 11.0. The number of aryl methyl sites for hydroxylation is 1. The van der Waals surface area contributed by atoms with Crippen LogP contribution in [0.25, 0.3) is 33.1 Å². The molecule has 3 amide bonds. The number of pyridine rings is 1. The molecule has 2 aromatic heterocycles. The Labute approximate surface area is 196 Å². The van der Waals surface area contributed by atoms with Crippen molar-refractivity contribution in [1.82, 2.24) is 20.3 Å². The first kappa shape index (κ1) is 23.1. The number of carbonyl (C=O) groups excluding carboxylic acids is 2. The molecule has 0 aliphatic carbocycles. The topological polar surface area (TPSA) is 118 Å². The first-order valence-corrected chi connectivity index (χ1v) is 11.0. The summed E-state index contributed by atoms with van der Waals surface area (Å²) in [7, 11) is 3.64. The molecule has 9 nitrogen and oxygen atoms in total. The van der Waals surface area contributed by atoms with Gasteiger partial charge in [0.05, 0.1) is 18.3 Å². The highest BCUT2D eigenvalue weighted by molar-refractivity contribution is 6.13. The molecule has 0 unspecified atom stereocenters. The average molecular weight is 462 g/mol. The van der Waals surface area contributed by atoms with Gasteiger partial charge in [0.25, 0.3) is 0 Å². The molecule has 0 saturated carbocycles. The zero-order valence-electron chi connectivity index (χ0n) is 19.1. The van der Waals surface area contributed by atoms with Crippen LogP contribution in [-0.4, -0.2) is 40.4 Å². The molecule has 0 spiro atoms. The van der Waals surface area contributed by atoms with Crippen LogP contribution in [0.4, 0.5) is 10.6 Å². The number of ether oxygens (including phenoxy) is 1. The zero-order valence-corrected chi connectivity index (χ0v) is 19.1. The molecule has 0 fully saturated rings. The fraction of sp³-hybridized carbons (Fsp3) is 0.240. The Balaban J connectivity index is 1.63. The number of hydroxylamine groups is 1. The number of hydrogen-bond acceptors (Lipinski definition) is 5. The number of nitrogens with one attached hydrogen (secondary N) is 3. The third kappa shape index (κ3) is 4.79. The van der Waals surface area contributed by atoms with E-state index in [2.05, 4.69) is 27.3 Å². The number of methoxy groups -OCH3 is 1. The van der Waals surface area contributed by atoms with Crippen LogP contribution in [0, 0.1) is 0 Å². The standard InChI is InChI=1S/C25H27N5O4/c1-30-20-8-4-3-7-18(20)19-15-21(28-25(32)26-14-6-5-9-22(31)29-33)27-23(24(19)30)16-10-12-17(34-2)13-11-16/h3-4,7-8,10-13,15,33H,5-6,9,14H2,1-2H3,(H,29,31)(H2,26,27,28,32). The number of nitrogens with zero attached hydrogens (tertiary/aromatic N) is 2. The summed E-state index contributed by atoms with van der Waals surface area (Å²) < 4.78 is 7.40.